The van der Waals surface area contributed by atoms with Gasteiger partial charge in [0.15, 0.2) is 10.9 Å². The lowest BCUT2D eigenvalue weighted by atomic mass is 10.0. The van der Waals surface area contributed by atoms with Crippen molar-refractivity contribution >= 4 is 38.4 Å². The quantitative estimate of drug-likeness (QED) is 0.227. The Bertz CT molecular complexity index is 1310. The Hall–Kier alpha value is -3.55. The smallest absolute Gasteiger partial charge is 0.343 e. The van der Waals surface area contributed by atoms with E-state index in [0.29, 0.717) is 22.4 Å². The summed E-state index contributed by atoms with van der Waals surface area (Å²) in [5, 5.41) is 1.01. The molecule has 0 amide bonds. The second-order valence-electron chi connectivity index (χ2n) is 8.21. The molecule has 172 valence electrons. The van der Waals surface area contributed by atoms with Gasteiger partial charge < -0.3 is 14.5 Å². The van der Waals surface area contributed by atoms with Crippen LogP contribution < -0.4 is 9.64 Å². The fourth-order valence-electron chi connectivity index (χ4n) is 4.03. The van der Waals surface area contributed by atoms with Gasteiger partial charge in [0.1, 0.15) is 5.75 Å². The molecule has 2 heterocycles. The molecule has 0 aliphatic carbocycles. The number of nitrogens with zero attached hydrogens (tertiary/aromatic N) is 3. The lowest BCUT2D eigenvalue weighted by Crippen LogP contribution is -2.46. The van der Waals surface area contributed by atoms with Gasteiger partial charge >= 0.3 is 5.97 Å². The largest absolute Gasteiger partial charge is 0.423 e. The molecule has 5 rings (SSSR count). The number of ether oxygens (including phenoxy) is 1. The molecule has 0 bridgehead atoms. The molecular weight excluding hydrogens is 446 g/mol. The van der Waals surface area contributed by atoms with Crippen LogP contribution in [-0.4, -0.2) is 54.4 Å². The van der Waals surface area contributed by atoms with Gasteiger partial charge in [-0.1, -0.05) is 60.7 Å². The number of benzene rings is 3. The van der Waals surface area contributed by atoms with Gasteiger partial charge in [0.25, 0.3) is 0 Å². The maximum atomic E-state index is 12.7. The number of fused-ring (bicyclic) bond motifs is 1. The molecule has 6 nitrogen and oxygen atoms in total. The van der Waals surface area contributed by atoms with Crippen LogP contribution in [0.5, 0.6) is 5.75 Å². The Morgan fingerprint density at radius 2 is 1.56 bits per heavy atom. The van der Waals surface area contributed by atoms with Gasteiger partial charge in [-0.25, -0.2) is 9.78 Å². The van der Waals surface area contributed by atoms with Crippen LogP contribution in [0, 0.1) is 0 Å². The number of esters is 1. The van der Waals surface area contributed by atoms with Gasteiger partial charge in [-0.05, 0) is 30.8 Å². The first-order chi connectivity index (χ1) is 16.6. The first-order valence-electron chi connectivity index (χ1n) is 11.4. The standard InChI is InChI=1S/C27H25N3O3S/c1-2-29-14-16-30(17-15-29)27-28-23-13-12-22(18-24(23)34-27)33-26(32)21-10-8-20(9-11-21)25(31)19-6-4-3-5-7-19/h3-13,18H,2,14-17H2,1H3. The Labute approximate surface area is 202 Å². The summed E-state index contributed by atoms with van der Waals surface area (Å²) in [6.45, 7) is 7.30. The van der Waals surface area contributed by atoms with E-state index in [-0.39, 0.29) is 5.78 Å². The summed E-state index contributed by atoms with van der Waals surface area (Å²) in [7, 11) is 0. The van der Waals surface area contributed by atoms with E-state index < -0.39 is 5.97 Å². The monoisotopic (exact) mass is 471 g/mol. The molecule has 34 heavy (non-hydrogen) atoms. The zero-order chi connectivity index (χ0) is 23.5. The molecule has 0 radical (unpaired) electrons. The Balaban J connectivity index is 1.26. The van der Waals surface area contributed by atoms with Crippen LogP contribution in [0.3, 0.4) is 0 Å². The van der Waals surface area contributed by atoms with Gasteiger partial charge in [0.05, 0.1) is 15.8 Å². The minimum atomic E-state index is -0.460. The highest BCUT2D eigenvalue weighted by atomic mass is 32.1. The van der Waals surface area contributed by atoms with Crippen LogP contribution in [0.2, 0.25) is 0 Å². The highest BCUT2D eigenvalue weighted by Crippen LogP contribution is 2.32. The van der Waals surface area contributed by atoms with E-state index in [9.17, 15) is 9.59 Å². The van der Waals surface area contributed by atoms with Crippen molar-refractivity contribution in [2.45, 2.75) is 6.92 Å². The summed E-state index contributed by atoms with van der Waals surface area (Å²) in [6, 6.07) is 21.2. The molecule has 0 atom stereocenters. The molecule has 0 N–H and O–H groups in total. The summed E-state index contributed by atoms with van der Waals surface area (Å²) >= 11 is 1.62. The van der Waals surface area contributed by atoms with Gasteiger partial charge in [0.2, 0.25) is 0 Å². The first kappa shape index (κ1) is 22.3. The molecule has 3 aromatic carbocycles. The molecule has 1 saturated heterocycles. The number of aromatic nitrogens is 1. The maximum Gasteiger partial charge on any atom is 0.343 e. The van der Waals surface area contributed by atoms with Crippen LogP contribution in [0.15, 0.2) is 72.8 Å². The molecule has 0 unspecified atom stereocenters. The number of likely N-dealkylation sites (N-methyl/N-ethyl adjacent to an activating group) is 1. The molecule has 1 aliphatic rings. The number of anilines is 1. The number of ketones is 1. The van der Waals surface area contributed by atoms with E-state index in [0.717, 1.165) is 48.1 Å². The summed E-state index contributed by atoms with van der Waals surface area (Å²) in [6.07, 6.45) is 0. The second-order valence-corrected chi connectivity index (χ2v) is 9.22. The van der Waals surface area contributed by atoms with E-state index in [2.05, 4.69) is 16.7 Å². The molecule has 1 aliphatic heterocycles. The van der Waals surface area contributed by atoms with E-state index in [4.69, 9.17) is 9.72 Å². The number of piperazine rings is 1. The van der Waals surface area contributed by atoms with Crippen molar-refractivity contribution in [2.24, 2.45) is 0 Å². The predicted octanol–water partition coefficient (Wildman–Crippen LogP) is 4.89. The van der Waals surface area contributed by atoms with Crippen molar-refractivity contribution in [3.8, 4) is 5.75 Å². The van der Waals surface area contributed by atoms with E-state index in [1.54, 1.807) is 53.8 Å². The highest BCUT2D eigenvalue weighted by molar-refractivity contribution is 7.22. The maximum absolute atomic E-state index is 12.7. The summed E-state index contributed by atoms with van der Waals surface area (Å²) in [5.74, 6) is -0.0606. The zero-order valence-electron chi connectivity index (χ0n) is 18.9. The first-order valence-corrected chi connectivity index (χ1v) is 12.2. The van der Waals surface area contributed by atoms with Gasteiger partial charge in [0, 0.05) is 43.4 Å². The average Bonchev–Trinajstić information content (AvgIpc) is 3.32. The van der Waals surface area contributed by atoms with Crippen molar-refractivity contribution in [1.29, 1.82) is 0 Å². The van der Waals surface area contributed by atoms with Crippen molar-refractivity contribution in [3.05, 3.63) is 89.5 Å². The van der Waals surface area contributed by atoms with Crippen LogP contribution >= 0.6 is 11.3 Å². The van der Waals surface area contributed by atoms with Crippen molar-refractivity contribution < 1.29 is 14.3 Å². The van der Waals surface area contributed by atoms with Gasteiger partial charge in [-0.15, -0.1) is 0 Å². The highest BCUT2D eigenvalue weighted by Gasteiger charge is 2.19. The second kappa shape index (κ2) is 9.75. The van der Waals surface area contributed by atoms with Crippen LogP contribution in [-0.2, 0) is 0 Å². The third kappa shape index (κ3) is 4.71. The van der Waals surface area contributed by atoms with Crippen LogP contribution in [0.1, 0.15) is 33.2 Å². The molecule has 0 spiro atoms. The minimum Gasteiger partial charge on any atom is -0.423 e. The third-order valence-corrected chi connectivity index (χ3v) is 7.15. The number of carbonyl (C=O) groups excluding carboxylic acids is 2. The predicted molar refractivity (Wildman–Crippen MR) is 135 cm³/mol. The SMILES string of the molecule is CCN1CCN(c2nc3ccc(OC(=O)c4ccc(C(=O)c5ccccc5)cc4)cc3s2)CC1. The van der Waals surface area contributed by atoms with Crippen LogP contribution in [0.4, 0.5) is 5.13 Å². The average molecular weight is 472 g/mol. The molecular formula is C27H25N3O3S. The molecule has 1 fully saturated rings. The van der Waals surface area contributed by atoms with E-state index in [1.807, 2.05) is 30.3 Å². The number of hydrogen-bond acceptors (Lipinski definition) is 7. The number of hydrogen-bond donors (Lipinski definition) is 0. The zero-order valence-corrected chi connectivity index (χ0v) is 19.8. The minimum absolute atomic E-state index is 0.0805. The summed E-state index contributed by atoms with van der Waals surface area (Å²) < 4.78 is 6.60. The fourth-order valence-corrected chi connectivity index (χ4v) is 5.07. The molecule has 0 saturated carbocycles. The Morgan fingerprint density at radius 3 is 2.26 bits per heavy atom. The number of carbonyl (C=O) groups is 2. The van der Waals surface area contributed by atoms with E-state index in [1.165, 1.54) is 0 Å². The molecule has 1 aromatic heterocycles. The van der Waals surface area contributed by atoms with Gasteiger partial charge in [-0.3, -0.25) is 4.79 Å². The van der Waals surface area contributed by atoms with Crippen molar-refractivity contribution in [2.75, 3.05) is 37.6 Å². The summed E-state index contributed by atoms with van der Waals surface area (Å²) in [4.78, 5) is 34.8. The van der Waals surface area contributed by atoms with Crippen LogP contribution in [0.25, 0.3) is 10.2 Å². The molecule has 4 aromatic rings. The summed E-state index contributed by atoms with van der Waals surface area (Å²) in [5.41, 5.74) is 2.44. The lowest BCUT2D eigenvalue weighted by Gasteiger charge is -2.33. The molecule has 7 heteroatoms. The number of rotatable bonds is 6. The lowest BCUT2D eigenvalue weighted by molar-refractivity contribution is 0.0734. The fraction of sp³-hybridized carbons (Fsp3) is 0.222. The topological polar surface area (TPSA) is 62.7 Å². The third-order valence-electron chi connectivity index (χ3n) is 6.07. The van der Waals surface area contributed by atoms with Gasteiger partial charge in [-0.2, -0.15) is 0 Å². The number of thiazole rings is 1. The Kier molecular flexibility index (Phi) is 6.38. The normalized spacial score (nSPS) is 14.3. The van der Waals surface area contributed by atoms with Crippen molar-refractivity contribution in [3.63, 3.8) is 0 Å². The Morgan fingerprint density at radius 1 is 0.882 bits per heavy atom. The van der Waals surface area contributed by atoms with Crippen molar-refractivity contribution in [1.82, 2.24) is 9.88 Å². The van der Waals surface area contributed by atoms with E-state index >= 15 is 0 Å².